The van der Waals surface area contributed by atoms with Crippen LogP contribution < -0.4 is 4.74 Å². The molecule has 0 aliphatic carbocycles. The minimum absolute atomic E-state index is 0.111. The van der Waals surface area contributed by atoms with Crippen molar-refractivity contribution in [2.75, 3.05) is 0 Å². The highest BCUT2D eigenvalue weighted by atomic mass is 79.9. The van der Waals surface area contributed by atoms with Crippen molar-refractivity contribution >= 4 is 27.5 Å². The van der Waals surface area contributed by atoms with Gasteiger partial charge in [0.1, 0.15) is 11.6 Å². The first kappa shape index (κ1) is 12.2. The summed E-state index contributed by atoms with van der Waals surface area (Å²) in [5.74, 6) is -1.55. The summed E-state index contributed by atoms with van der Waals surface area (Å²) in [7, 11) is 0. The van der Waals surface area contributed by atoms with E-state index in [-0.39, 0.29) is 21.4 Å². The van der Waals surface area contributed by atoms with E-state index in [4.69, 9.17) is 16.3 Å². The maximum absolute atomic E-state index is 13.2. The second-order valence-electron chi connectivity index (χ2n) is 2.97. The van der Waals surface area contributed by atoms with Gasteiger partial charge in [-0.1, -0.05) is 0 Å². The van der Waals surface area contributed by atoms with Crippen molar-refractivity contribution in [2.24, 2.45) is 0 Å². The molecule has 0 unspecified atom stereocenters. The molecule has 3 nitrogen and oxygen atoms in total. The van der Waals surface area contributed by atoms with E-state index in [2.05, 4.69) is 25.9 Å². The Balaban J connectivity index is 2.31. The molecule has 7 heteroatoms. The number of ether oxygens (including phenoxy) is 1. The Morgan fingerprint density at radius 2 is 2.00 bits per heavy atom. The monoisotopic (exact) mass is 320 g/mol. The van der Waals surface area contributed by atoms with Crippen LogP contribution in [0.25, 0.3) is 0 Å². The zero-order valence-corrected chi connectivity index (χ0v) is 10.5. The molecule has 1 aromatic carbocycles. The van der Waals surface area contributed by atoms with Gasteiger partial charge >= 0.3 is 0 Å². The Labute approximate surface area is 109 Å². The topological polar surface area (TPSA) is 35.0 Å². The van der Waals surface area contributed by atoms with Gasteiger partial charge < -0.3 is 4.74 Å². The number of rotatable bonds is 2. The molecule has 17 heavy (non-hydrogen) atoms. The summed E-state index contributed by atoms with van der Waals surface area (Å²) in [5.41, 5.74) is 0. The average molecular weight is 322 g/mol. The molecule has 0 bridgehead atoms. The van der Waals surface area contributed by atoms with E-state index in [1.807, 2.05) is 0 Å². The molecule has 0 aliphatic rings. The van der Waals surface area contributed by atoms with Crippen molar-refractivity contribution < 1.29 is 13.5 Å². The van der Waals surface area contributed by atoms with Gasteiger partial charge in [-0.05, 0) is 39.7 Å². The number of benzene rings is 1. The first-order valence-electron chi connectivity index (χ1n) is 4.37. The van der Waals surface area contributed by atoms with Crippen LogP contribution >= 0.6 is 27.5 Å². The molecule has 88 valence electrons. The zero-order chi connectivity index (χ0) is 12.4. The molecule has 2 aromatic rings. The van der Waals surface area contributed by atoms with Crippen LogP contribution in [0.1, 0.15) is 0 Å². The molecule has 0 amide bonds. The SMILES string of the molecule is Fc1cc(Oc2nc(Cl)ncc2F)ccc1Br. The van der Waals surface area contributed by atoms with Crippen LogP contribution in [0.15, 0.2) is 28.9 Å². The van der Waals surface area contributed by atoms with Crippen molar-refractivity contribution in [1.29, 1.82) is 0 Å². The molecule has 1 heterocycles. The molecular formula is C10H4BrClF2N2O. The first-order valence-corrected chi connectivity index (χ1v) is 5.54. The fraction of sp³-hybridized carbons (Fsp3) is 0. The Morgan fingerprint density at radius 3 is 2.71 bits per heavy atom. The third kappa shape index (κ3) is 2.89. The molecule has 0 aliphatic heterocycles. The summed E-state index contributed by atoms with van der Waals surface area (Å²) in [5, 5.41) is -0.154. The van der Waals surface area contributed by atoms with Crippen molar-refractivity contribution in [1.82, 2.24) is 9.97 Å². The summed E-state index contributed by atoms with van der Waals surface area (Å²) in [6.45, 7) is 0. The molecule has 0 spiro atoms. The maximum atomic E-state index is 13.2. The molecule has 0 saturated carbocycles. The van der Waals surface area contributed by atoms with Gasteiger partial charge in [0.2, 0.25) is 11.1 Å². The van der Waals surface area contributed by atoms with E-state index >= 15 is 0 Å². The van der Waals surface area contributed by atoms with Gasteiger partial charge in [-0.15, -0.1) is 0 Å². The number of nitrogens with zero attached hydrogens (tertiary/aromatic N) is 2. The standard InChI is InChI=1S/C10H4BrClF2N2O/c11-6-2-1-5(3-7(6)13)17-9-8(14)4-15-10(12)16-9/h1-4H. The summed E-state index contributed by atoms with van der Waals surface area (Å²) >= 11 is 8.48. The van der Waals surface area contributed by atoms with Gasteiger partial charge in [0.25, 0.3) is 5.88 Å². The predicted molar refractivity (Wildman–Crippen MR) is 61.2 cm³/mol. The summed E-state index contributed by atoms with van der Waals surface area (Å²) < 4.78 is 31.7. The molecule has 1 aromatic heterocycles. The Hall–Kier alpha value is -1.27. The van der Waals surface area contributed by atoms with E-state index < -0.39 is 11.6 Å². The van der Waals surface area contributed by atoms with Crippen molar-refractivity contribution in [3.63, 3.8) is 0 Å². The second-order valence-corrected chi connectivity index (χ2v) is 4.16. The van der Waals surface area contributed by atoms with Gasteiger partial charge in [-0.25, -0.2) is 9.37 Å². The van der Waals surface area contributed by atoms with E-state index in [0.29, 0.717) is 0 Å². The van der Waals surface area contributed by atoms with Crippen molar-refractivity contribution in [3.05, 3.63) is 45.8 Å². The Morgan fingerprint density at radius 1 is 1.24 bits per heavy atom. The maximum Gasteiger partial charge on any atom is 0.260 e. The van der Waals surface area contributed by atoms with E-state index in [1.54, 1.807) is 0 Å². The van der Waals surface area contributed by atoms with Crippen molar-refractivity contribution in [2.45, 2.75) is 0 Å². The molecule has 2 rings (SSSR count). The van der Waals surface area contributed by atoms with Crippen LogP contribution in [0, 0.1) is 11.6 Å². The highest BCUT2D eigenvalue weighted by Gasteiger charge is 2.09. The van der Waals surface area contributed by atoms with Gasteiger partial charge in [0.15, 0.2) is 0 Å². The molecule has 0 N–H and O–H groups in total. The lowest BCUT2D eigenvalue weighted by molar-refractivity contribution is 0.417. The number of aromatic nitrogens is 2. The van der Waals surface area contributed by atoms with Crippen LogP contribution in [-0.2, 0) is 0 Å². The lowest BCUT2D eigenvalue weighted by atomic mass is 10.3. The predicted octanol–water partition coefficient (Wildman–Crippen LogP) is 3.96. The molecule has 0 saturated heterocycles. The van der Waals surface area contributed by atoms with Gasteiger partial charge in [-0.2, -0.15) is 9.37 Å². The molecule has 0 atom stereocenters. The lowest BCUT2D eigenvalue weighted by Gasteiger charge is -2.05. The van der Waals surface area contributed by atoms with E-state index in [1.165, 1.54) is 12.1 Å². The zero-order valence-electron chi connectivity index (χ0n) is 8.12. The molecule has 0 radical (unpaired) electrons. The quantitative estimate of drug-likeness (QED) is 0.785. The number of halogens is 4. The van der Waals surface area contributed by atoms with Crippen LogP contribution in [0.3, 0.4) is 0 Å². The Kier molecular flexibility index (Phi) is 3.54. The fourth-order valence-electron chi connectivity index (χ4n) is 1.05. The smallest absolute Gasteiger partial charge is 0.260 e. The second kappa shape index (κ2) is 4.93. The third-order valence-electron chi connectivity index (χ3n) is 1.79. The molecule has 0 fully saturated rings. The normalized spacial score (nSPS) is 10.4. The third-order valence-corrected chi connectivity index (χ3v) is 2.61. The average Bonchev–Trinajstić information content (AvgIpc) is 2.29. The fourth-order valence-corrected chi connectivity index (χ4v) is 1.43. The lowest BCUT2D eigenvalue weighted by Crippen LogP contribution is -1.94. The van der Waals surface area contributed by atoms with Gasteiger partial charge in [0, 0.05) is 6.07 Å². The van der Waals surface area contributed by atoms with Crippen LogP contribution in [0.2, 0.25) is 5.28 Å². The van der Waals surface area contributed by atoms with Crippen LogP contribution in [0.5, 0.6) is 11.6 Å². The summed E-state index contributed by atoms with van der Waals surface area (Å²) in [6, 6.07) is 3.99. The molecular weight excluding hydrogens is 317 g/mol. The number of hydrogen-bond acceptors (Lipinski definition) is 3. The number of hydrogen-bond donors (Lipinski definition) is 0. The highest BCUT2D eigenvalue weighted by Crippen LogP contribution is 2.26. The minimum atomic E-state index is -0.780. The Bertz CT molecular complexity index is 568. The van der Waals surface area contributed by atoms with Crippen LogP contribution in [-0.4, -0.2) is 9.97 Å². The van der Waals surface area contributed by atoms with E-state index in [0.717, 1.165) is 12.3 Å². The summed E-state index contributed by atoms with van der Waals surface area (Å²) in [6.07, 6.45) is 0.875. The van der Waals surface area contributed by atoms with Gasteiger partial charge in [-0.3, -0.25) is 0 Å². The van der Waals surface area contributed by atoms with Gasteiger partial charge in [0.05, 0.1) is 10.7 Å². The van der Waals surface area contributed by atoms with Crippen LogP contribution in [0.4, 0.5) is 8.78 Å². The minimum Gasteiger partial charge on any atom is -0.436 e. The summed E-state index contributed by atoms with van der Waals surface area (Å²) in [4.78, 5) is 6.97. The van der Waals surface area contributed by atoms with Crippen molar-refractivity contribution in [3.8, 4) is 11.6 Å². The first-order chi connectivity index (χ1) is 8.06. The van der Waals surface area contributed by atoms with E-state index in [9.17, 15) is 8.78 Å². The highest BCUT2D eigenvalue weighted by molar-refractivity contribution is 9.10. The largest absolute Gasteiger partial charge is 0.436 e.